The van der Waals surface area contributed by atoms with E-state index in [2.05, 4.69) is 24.1 Å². The fourth-order valence-electron chi connectivity index (χ4n) is 2.07. The molecule has 2 nitrogen and oxygen atoms in total. The number of fused-ring (bicyclic) bond motifs is 1. The van der Waals surface area contributed by atoms with E-state index >= 15 is 0 Å². The lowest BCUT2D eigenvalue weighted by Crippen LogP contribution is -2.19. The second-order valence-electron chi connectivity index (χ2n) is 4.94. The topological polar surface area (TPSA) is 27.8 Å². The van der Waals surface area contributed by atoms with Gasteiger partial charge >= 0.3 is 0 Å². The Morgan fingerprint density at radius 1 is 1.35 bits per heavy atom. The zero-order valence-electron chi connectivity index (χ0n) is 10.6. The van der Waals surface area contributed by atoms with Crippen molar-refractivity contribution in [2.24, 2.45) is 5.92 Å². The Kier molecular flexibility index (Phi) is 3.48. The summed E-state index contributed by atoms with van der Waals surface area (Å²) in [6.07, 6.45) is 0. The Morgan fingerprint density at radius 3 is 2.82 bits per heavy atom. The summed E-state index contributed by atoms with van der Waals surface area (Å²) in [4.78, 5) is 3.29. The van der Waals surface area contributed by atoms with Crippen molar-refractivity contribution in [3.05, 3.63) is 35.3 Å². The van der Waals surface area contributed by atoms with Gasteiger partial charge in [0.25, 0.3) is 0 Å². The molecule has 17 heavy (non-hydrogen) atoms. The summed E-state index contributed by atoms with van der Waals surface area (Å²) in [5.41, 5.74) is 3.28. The van der Waals surface area contributed by atoms with Gasteiger partial charge in [0.2, 0.25) is 0 Å². The molecule has 2 rings (SSSR count). The zero-order valence-corrected chi connectivity index (χ0v) is 10.6. The van der Waals surface area contributed by atoms with E-state index in [1.54, 1.807) is 12.1 Å². The fourth-order valence-corrected chi connectivity index (χ4v) is 2.07. The highest BCUT2D eigenvalue weighted by Gasteiger charge is 2.08. The van der Waals surface area contributed by atoms with E-state index in [1.807, 2.05) is 6.92 Å². The van der Waals surface area contributed by atoms with E-state index < -0.39 is 0 Å². The van der Waals surface area contributed by atoms with Gasteiger partial charge in [0, 0.05) is 23.1 Å². The third-order valence-electron chi connectivity index (χ3n) is 2.94. The molecule has 1 heterocycles. The van der Waals surface area contributed by atoms with Crippen LogP contribution in [0.3, 0.4) is 0 Å². The molecule has 0 bridgehead atoms. The number of halogens is 1. The standard InChI is InChI=1S/C14H19FN2/c1-9(2)7-16-8-13-10(3)17-14-5-4-11(15)6-12(13)14/h4-6,9,16-17H,7-8H2,1-3H3. The first-order valence-electron chi connectivity index (χ1n) is 6.05. The molecule has 92 valence electrons. The monoisotopic (exact) mass is 234 g/mol. The van der Waals surface area contributed by atoms with Crippen LogP contribution >= 0.6 is 0 Å². The van der Waals surface area contributed by atoms with Crippen LogP contribution in [-0.4, -0.2) is 11.5 Å². The van der Waals surface area contributed by atoms with E-state index in [9.17, 15) is 4.39 Å². The van der Waals surface area contributed by atoms with Gasteiger partial charge in [-0.2, -0.15) is 0 Å². The second kappa shape index (κ2) is 4.88. The molecule has 1 aromatic carbocycles. The number of rotatable bonds is 4. The minimum atomic E-state index is -0.179. The molecule has 0 fully saturated rings. The molecule has 3 heteroatoms. The van der Waals surface area contributed by atoms with Gasteiger partial charge in [-0.3, -0.25) is 0 Å². The van der Waals surface area contributed by atoms with Gasteiger partial charge in [-0.05, 0) is 43.1 Å². The number of aromatic nitrogens is 1. The smallest absolute Gasteiger partial charge is 0.123 e. The Labute approximate surface area is 101 Å². The molecule has 0 spiro atoms. The minimum Gasteiger partial charge on any atom is -0.358 e. The summed E-state index contributed by atoms with van der Waals surface area (Å²) in [7, 11) is 0. The van der Waals surface area contributed by atoms with Crippen LogP contribution in [-0.2, 0) is 6.54 Å². The number of hydrogen-bond acceptors (Lipinski definition) is 1. The van der Waals surface area contributed by atoms with Crippen molar-refractivity contribution < 1.29 is 4.39 Å². The third-order valence-corrected chi connectivity index (χ3v) is 2.94. The highest BCUT2D eigenvalue weighted by atomic mass is 19.1. The summed E-state index contributed by atoms with van der Waals surface area (Å²) in [6.45, 7) is 8.14. The predicted octanol–water partition coefficient (Wildman–Crippen LogP) is 3.36. The maximum Gasteiger partial charge on any atom is 0.123 e. The summed E-state index contributed by atoms with van der Waals surface area (Å²) in [5, 5.41) is 4.38. The van der Waals surface area contributed by atoms with Crippen LogP contribution in [0.2, 0.25) is 0 Å². The number of nitrogens with one attached hydrogen (secondary N) is 2. The first kappa shape index (κ1) is 12.1. The molecule has 0 aliphatic rings. The Balaban J connectivity index is 2.26. The van der Waals surface area contributed by atoms with Crippen molar-refractivity contribution in [2.45, 2.75) is 27.3 Å². The van der Waals surface area contributed by atoms with E-state index in [-0.39, 0.29) is 5.82 Å². The van der Waals surface area contributed by atoms with Crippen LogP contribution in [0.4, 0.5) is 4.39 Å². The van der Waals surface area contributed by atoms with Gasteiger partial charge in [-0.15, -0.1) is 0 Å². The molecule has 0 amide bonds. The van der Waals surface area contributed by atoms with Crippen LogP contribution in [0.15, 0.2) is 18.2 Å². The van der Waals surface area contributed by atoms with Crippen molar-refractivity contribution in [1.29, 1.82) is 0 Å². The SMILES string of the molecule is Cc1[nH]c2ccc(F)cc2c1CNCC(C)C. The quantitative estimate of drug-likeness (QED) is 0.834. The highest BCUT2D eigenvalue weighted by Crippen LogP contribution is 2.22. The number of hydrogen-bond donors (Lipinski definition) is 2. The maximum atomic E-state index is 13.2. The molecular weight excluding hydrogens is 215 g/mol. The molecule has 0 aliphatic heterocycles. The Morgan fingerprint density at radius 2 is 2.12 bits per heavy atom. The molecule has 0 atom stereocenters. The van der Waals surface area contributed by atoms with Crippen molar-refractivity contribution in [2.75, 3.05) is 6.54 Å². The average molecular weight is 234 g/mol. The van der Waals surface area contributed by atoms with Gasteiger partial charge in [0.15, 0.2) is 0 Å². The average Bonchev–Trinajstić information content (AvgIpc) is 2.55. The second-order valence-corrected chi connectivity index (χ2v) is 4.94. The molecule has 0 unspecified atom stereocenters. The van der Waals surface area contributed by atoms with E-state index in [4.69, 9.17) is 0 Å². The van der Waals surface area contributed by atoms with Crippen molar-refractivity contribution >= 4 is 10.9 Å². The third kappa shape index (κ3) is 2.67. The predicted molar refractivity (Wildman–Crippen MR) is 69.5 cm³/mol. The fraction of sp³-hybridized carbons (Fsp3) is 0.429. The summed E-state index contributed by atoms with van der Waals surface area (Å²) < 4.78 is 13.2. The first-order valence-corrected chi connectivity index (χ1v) is 6.05. The van der Waals surface area contributed by atoms with Gasteiger partial charge in [-0.25, -0.2) is 4.39 Å². The van der Waals surface area contributed by atoms with Gasteiger partial charge < -0.3 is 10.3 Å². The van der Waals surface area contributed by atoms with Crippen LogP contribution in [0.25, 0.3) is 10.9 Å². The molecule has 0 saturated carbocycles. The Hall–Kier alpha value is -1.35. The molecule has 0 saturated heterocycles. The number of aryl methyl sites for hydroxylation is 1. The highest BCUT2D eigenvalue weighted by molar-refractivity contribution is 5.84. The van der Waals surface area contributed by atoms with E-state index in [0.29, 0.717) is 5.92 Å². The molecule has 2 N–H and O–H groups in total. The summed E-state index contributed by atoms with van der Waals surface area (Å²) in [6, 6.07) is 4.89. The van der Waals surface area contributed by atoms with Gasteiger partial charge in [0.05, 0.1) is 0 Å². The van der Waals surface area contributed by atoms with Crippen LogP contribution in [0, 0.1) is 18.7 Å². The molecular formula is C14H19FN2. The minimum absolute atomic E-state index is 0.179. The Bertz CT molecular complexity index is 514. The lowest BCUT2D eigenvalue weighted by atomic mass is 10.1. The van der Waals surface area contributed by atoms with Crippen molar-refractivity contribution in [3.63, 3.8) is 0 Å². The van der Waals surface area contributed by atoms with Crippen LogP contribution < -0.4 is 5.32 Å². The lowest BCUT2D eigenvalue weighted by Gasteiger charge is -2.07. The van der Waals surface area contributed by atoms with Crippen LogP contribution in [0.5, 0.6) is 0 Å². The largest absolute Gasteiger partial charge is 0.358 e. The van der Waals surface area contributed by atoms with E-state index in [1.165, 1.54) is 11.6 Å². The molecule has 2 aromatic rings. The first-order chi connectivity index (χ1) is 8.08. The van der Waals surface area contributed by atoms with Gasteiger partial charge in [-0.1, -0.05) is 13.8 Å². The van der Waals surface area contributed by atoms with Crippen molar-refractivity contribution in [1.82, 2.24) is 10.3 Å². The molecule has 0 aliphatic carbocycles. The number of aromatic amines is 1. The number of benzene rings is 1. The van der Waals surface area contributed by atoms with Crippen molar-refractivity contribution in [3.8, 4) is 0 Å². The summed E-state index contributed by atoms with van der Waals surface area (Å²) >= 11 is 0. The van der Waals surface area contributed by atoms with Gasteiger partial charge in [0.1, 0.15) is 5.82 Å². The summed E-state index contributed by atoms with van der Waals surface area (Å²) in [5.74, 6) is 0.443. The zero-order chi connectivity index (χ0) is 12.4. The van der Waals surface area contributed by atoms with E-state index in [0.717, 1.165) is 29.7 Å². The van der Waals surface area contributed by atoms with Crippen LogP contribution in [0.1, 0.15) is 25.1 Å². The normalized spacial score (nSPS) is 11.6. The number of H-pyrrole nitrogens is 1. The lowest BCUT2D eigenvalue weighted by molar-refractivity contribution is 0.552. The maximum absolute atomic E-state index is 13.2. The molecule has 0 radical (unpaired) electrons. The molecule has 1 aromatic heterocycles.